The lowest BCUT2D eigenvalue weighted by atomic mass is 10.3. The lowest BCUT2D eigenvalue weighted by Gasteiger charge is -2.21. The molecule has 4 nitrogen and oxygen atoms in total. The number of guanidine groups is 1. The van der Waals surface area contributed by atoms with Gasteiger partial charge in [0.05, 0.1) is 6.10 Å². The lowest BCUT2D eigenvalue weighted by Crippen LogP contribution is -2.39. The van der Waals surface area contributed by atoms with E-state index in [1.165, 1.54) is 12.8 Å². The van der Waals surface area contributed by atoms with Crippen molar-refractivity contribution in [1.29, 1.82) is 0 Å². The van der Waals surface area contributed by atoms with Gasteiger partial charge in [-0.2, -0.15) is 0 Å². The number of hydrogen-bond donors (Lipinski definition) is 1. The first-order chi connectivity index (χ1) is 8.61. The molecule has 0 amide bonds. The van der Waals surface area contributed by atoms with Gasteiger partial charge in [-0.3, -0.25) is 4.99 Å². The molecule has 0 aromatic carbocycles. The van der Waals surface area contributed by atoms with Crippen LogP contribution in [0.3, 0.4) is 0 Å². The maximum atomic E-state index is 5.51. The zero-order chi connectivity index (χ0) is 13.8. The van der Waals surface area contributed by atoms with E-state index in [0.29, 0.717) is 6.10 Å². The fourth-order valence-electron chi connectivity index (χ4n) is 1.54. The highest BCUT2D eigenvalue weighted by Crippen LogP contribution is 1.95. The maximum Gasteiger partial charge on any atom is 0.193 e. The van der Waals surface area contributed by atoms with Crippen LogP contribution >= 0.6 is 0 Å². The van der Waals surface area contributed by atoms with Crippen LogP contribution in [0.4, 0.5) is 0 Å². The SMILES string of the molecule is CCCCN(C)C(=NCCCOC(C)C)NCC. The van der Waals surface area contributed by atoms with Gasteiger partial charge in [-0.05, 0) is 33.6 Å². The minimum Gasteiger partial charge on any atom is -0.379 e. The van der Waals surface area contributed by atoms with Crippen molar-refractivity contribution < 1.29 is 4.74 Å². The highest BCUT2D eigenvalue weighted by molar-refractivity contribution is 5.79. The number of ether oxygens (including phenoxy) is 1. The van der Waals surface area contributed by atoms with Crippen molar-refractivity contribution >= 4 is 5.96 Å². The van der Waals surface area contributed by atoms with Crippen molar-refractivity contribution in [2.24, 2.45) is 4.99 Å². The molecular formula is C14H31N3O. The Kier molecular flexibility index (Phi) is 10.8. The second-order valence-electron chi connectivity index (χ2n) is 4.78. The van der Waals surface area contributed by atoms with Gasteiger partial charge in [-0.1, -0.05) is 13.3 Å². The molecule has 0 rings (SSSR count). The van der Waals surface area contributed by atoms with E-state index in [-0.39, 0.29) is 0 Å². The van der Waals surface area contributed by atoms with Crippen molar-refractivity contribution in [1.82, 2.24) is 10.2 Å². The first kappa shape index (κ1) is 17.2. The van der Waals surface area contributed by atoms with Crippen molar-refractivity contribution in [3.05, 3.63) is 0 Å². The summed E-state index contributed by atoms with van der Waals surface area (Å²) in [6, 6.07) is 0. The number of unbranched alkanes of at least 4 members (excludes halogenated alkanes) is 1. The van der Waals surface area contributed by atoms with Gasteiger partial charge in [0, 0.05) is 33.3 Å². The van der Waals surface area contributed by atoms with Gasteiger partial charge in [0.25, 0.3) is 0 Å². The van der Waals surface area contributed by atoms with Crippen LogP contribution in [0.25, 0.3) is 0 Å². The first-order valence-electron chi connectivity index (χ1n) is 7.22. The van der Waals surface area contributed by atoms with Crippen molar-refractivity contribution in [2.75, 3.05) is 33.3 Å². The van der Waals surface area contributed by atoms with E-state index in [4.69, 9.17) is 4.74 Å². The molecule has 4 heteroatoms. The molecule has 0 atom stereocenters. The Balaban J connectivity index is 3.98. The van der Waals surface area contributed by atoms with E-state index in [1.54, 1.807) is 0 Å². The molecule has 18 heavy (non-hydrogen) atoms. The quantitative estimate of drug-likeness (QED) is 0.392. The van der Waals surface area contributed by atoms with Gasteiger partial charge in [0.15, 0.2) is 5.96 Å². The third-order valence-electron chi connectivity index (χ3n) is 2.56. The van der Waals surface area contributed by atoms with Gasteiger partial charge in [0.1, 0.15) is 0 Å². The van der Waals surface area contributed by atoms with E-state index in [9.17, 15) is 0 Å². The molecule has 0 fully saturated rings. The van der Waals surface area contributed by atoms with Crippen LogP contribution < -0.4 is 5.32 Å². The molecule has 0 bridgehead atoms. The van der Waals surface area contributed by atoms with Gasteiger partial charge in [0.2, 0.25) is 0 Å². The normalized spacial score (nSPS) is 12.0. The van der Waals surface area contributed by atoms with Crippen LogP contribution in [0.15, 0.2) is 4.99 Å². The van der Waals surface area contributed by atoms with Gasteiger partial charge >= 0.3 is 0 Å². The van der Waals surface area contributed by atoms with Crippen LogP contribution in [-0.4, -0.2) is 50.3 Å². The summed E-state index contributed by atoms with van der Waals surface area (Å²) in [5, 5.41) is 3.33. The zero-order valence-corrected chi connectivity index (χ0v) is 12.8. The average molecular weight is 257 g/mol. The number of nitrogens with zero attached hydrogens (tertiary/aromatic N) is 2. The average Bonchev–Trinajstić information content (AvgIpc) is 2.33. The number of hydrogen-bond acceptors (Lipinski definition) is 2. The van der Waals surface area contributed by atoms with E-state index in [0.717, 1.165) is 38.6 Å². The Hall–Kier alpha value is -0.770. The first-order valence-corrected chi connectivity index (χ1v) is 7.22. The van der Waals surface area contributed by atoms with E-state index >= 15 is 0 Å². The second kappa shape index (κ2) is 11.3. The summed E-state index contributed by atoms with van der Waals surface area (Å²) in [6.07, 6.45) is 3.72. The van der Waals surface area contributed by atoms with E-state index < -0.39 is 0 Å². The fraction of sp³-hybridized carbons (Fsp3) is 0.929. The molecule has 0 aliphatic rings. The molecule has 0 aromatic heterocycles. The summed E-state index contributed by atoms with van der Waals surface area (Å²) in [4.78, 5) is 6.82. The summed E-state index contributed by atoms with van der Waals surface area (Å²) < 4.78 is 5.51. The Labute approximate surface area is 113 Å². The fourth-order valence-corrected chi connectivity index (χ4v) is 1.54. The minimum absolute atomic E-state index is 0.314. The number of aliphatic imine (C=N–C) groups is 1. The van der Waals surface area contributed by atoms with Crippen molar-refractivity contribution in [3.63, 3.8) is 0 Å². The molecule has 0 unspecified atom stereocenters. The lowest BCUT2D eigenvalue weighted by molar-refractivity contribution is 0.0782. The predicted octanol–water partition coefficient (Wildman–Crippen LogP) is 2.50. The molecule has 0 aromatic rings. The predicted molar refractivity (Wildman–Crippen MR) is 79.2 cm³/mol. The Morgan fingerprint density at radius 2 is 2.00 bits per heavy atom. The molecule has 0 spiro atoms. The molecule has 108 valence electrons. The summed E-state index contributed by atoms with van der Waals surface area (Å²) in [6.45, 7) is 12.0. The molecule has 1 N–H and O–H groups in total. The molecule has 0 radical (unpaired) electrons. The highest BCUT2D eigenvalue weighted by Gasteiger charge is 2.03. The second-order valence-corrected chi connectivity index (χ2v) is 4.78. The van der Waals surface area contributed by atoms with E-state index in [1.807, 2.05) is 0 Å². The molecule has 0 heterocycles. The molecular weight excluding hydrogens is 226 g/mol. The summed E-state index contributed by atoms with van der Waals surface area (Å²) >= 11 is 0. The summed E-state index contributed by atoms with van der Waals surface area (Å²) in [7, 11) is 2.10. The third kappa shape index (κ3) is 9.28. The maximum absolute atomic E-state index is 5.51. The molecule has 0 aliphatic heterocycles. The van der Waals surface area contributed by atoms with Crippen LogP contribution in [0.2, 0.25) is 0 Å². The largest absolute Gasteiger partial charge is 0.379 e. The van der Waals surface area contributed by atoms with Gasteiger partial charge in [-0.25, -0.2) is 0 Å². The summed E-state index contributed by atoms with van der Waals surface area (Å²) in [5.41, 5.74) is 0. The number of rotatable bonds is 9. The van der Waals surface area contributed by atoms with Crippen molar-refractivity contribution in [3.8, 4) is 0 Å². The number of nitrogens with one attached hydrogen (secondary N) is 1. The Bertz CT molecular complexity index is 217. The summed E-state index contributed by atoms with van der Waals surface area (Å²) in [5.74, 6) is 1.01. The topological polar surface area (TPSA) is 36.9 Å². The molecule has 0 saturated carbocycles. The van der Waals surface area contributed by atoms with E-state index in [2.05, 4.69) is 50.0 Å². The zero-order valence-electron chi connectivity index (χ0n) is 12.8. The molecule has 0 aliphatic carbocycles. The molecule has 0 saturated heterocycles. The Morgan fingerprint density at radius 3 is 2.56 bits per heavy atom. The van der Waals surface area contributed by atoms with Crippen LogP contribution in [0.5, 0.6) is 0 Å². The van der Waals surface area contributed by atoms with Gasteiger partial charge in [-0.15, -0.1) is 0 Å². The smallest absolute Gasteiger partial charge is 0.193 e. The van der Waals surface area contributed by atoms with Crippen LogP contribution in [-0.2, 0) is 4.74 Å². The third-order valence-corrected chi connectivity index (χ3v) is 2.56. The Morgan fingerprint density at radius 1 is 1.28 bits per heavy atom. The monoisotopic (exact) mass is 257 g/mol. The van der Waals surface area contributed by atoms with Crippen molar-refractivity contribution in [2.45, 2.75) is 53.1 Å². The van der Waals surface area contributed by atoms with Gasteiger partial charge < -0.3 is 15.0 Å². The minimum atomic E-state index is 0.314. The highest BCUT2D eigenvalue weighted by atomic mass is 16.5. The van der Waals surface area contributed by atoms with Crippen LogP contribution in [0.1, 0.15) is 47.0 Å². The standard InChI is InChI=1S/C14H31N3O/c1-6-8-11-17(5)14(15-7-2)16-10-9-12-18-13(3)4/h13H,6-12H2,1-5H3,(H,15,16). The van der Waals surface area contributed by atoms with Crippen LogP contribution in [0, 0.1) is 0 Å².